The first-order valence-corrected chi connectivity index (χ1v) is 10.2. The summed E-state index contributed by atoms with van der Waals surface area (Å²) in [7, 11) is 0. The van der Waals surface area contributed by atoms with E-state index in [2.05, 4.69) is 17.6 Å². The van der Waals surface area contributed by atoms with Gasteiger partial charge in [0.2, 0.25) is 5.91 Å². The molecule has 1 atom stereocenters. The molecule has 5 nitrogen and oxygen atoms in total. The Balaban J connectivity index is 1.67. The van der Waals surface area contributed by atoms with Crippen LogP contribution in [0.1, 0.15) is 39.7 Å². The van der Waals surface area contributed by atoms with Crippen molar-refractivity contribution >= 4 is 57.1 Å². The average Bonchev–Trinajstić information content (AvgIpc) is 2.93. The number of hydrogen-bond donors (Lipinski definition) is 3. The van der Waals surface area contributed by atoms with Gasteiger partial charge in [-0.05, 0) is 60.7 Å². The Bertz CT molecular complexity index is 893. The summed E-state index contributed by atoms with van der Waals surface area (Å²) in [6, 6.07) is 7.05. The summed E-state index contributed by atoms with van der Waals surface area (Å²) in [5.74, 6) is -0.138. The van der Waals surface area contributed by atoms with Crippen molar-refractivity contribution < 1.29 is 9.59 Å². The normalized spacial score (nSPS) is 15.7. The number of nitrogens with two attached hydrogens (primary N) is 1. The van der Waals surface area contributed by atoms with Gasteiger partial charge in [-0.2, -0.15) is 0 Å². The minimum Gasteiger partial charge on any atom is -0.365 e. The van der Waals surface area contributed by atoms with Crippen LogP contribution in [0.5, 0.6) is 0 Å². The molecule has 27 heavy (non-hydrogen) atoms. The van der Waals surface area contributed by atoms with Crippen LogP contribution in [0.4, 0.5) is 5.00 Å². The van der Waals surface area contributed by atoms with Crippen LogP contribution in [0.25, 0.3) is 0 Å². The number of nitrogens with one attached hydrogen (secondary N) is 2. The summed E-state index contributed by atoms with van der Waals surface area (Å²) in [4.78, 5) is 25.3. The third-order valence-electron chi connectivity index (χ3n) is 4.52. The number of benzene rings is 1. The van der Waals surface area contributed by atoms with Gasteiger partial charge >= 0.3 is 0 Å². The van der Waals surface area contributed by atoms with Crippen LogP contribution in [0.2, 0.25) is 5.02 Å². The van der Waals surface area contributed by atoms with E-state index in [-0.39, 0.29) is 17.4 Å². The Labute approximate surface area is 172 Å². The SMILES string of the molecule is CC1CCc2c(sc(NC(=S)NC(=O)Cc3ccc(Cl)cc3)c2C(N)=O)C1. The maximum Gasteiger partial charge on any atom is 0.251 e. The zero-order valence-electron chi connectivity index (χ0n) is 14.8. The van der Waals surface area contributed by atoms with Gasteiger partial charge in [-0.25, -0.2) is 0 Å². The number of fused-ring (bicyclic) bond motifs is 1. The average molecular weight is 422 g/mol. The van der Waals surface area contributed by atoms with Crippen molar-refractivity contribution in [2.75, 3.05) is 5.32 Å². The quantitative estimate of drug-likeness (QED) is 0.657. The molecular weight excluding hydrogens is 402 g/mol. The van der Waals surface area contributed by atoms with Gasteiger partial charge in [0.05, 0.1) is 12.0 Å². The number of amides is 2. The molecule has 2 amide bonds. The lowest BCUT2D eigenvalue weighted by atomic mass is 9.88. The van der Waals surface area contributed by atoms with Crippen LogP contribution in [0, 0.1) is 5.92 Å². The van der Waals surface area contributed by atoms with Crippen LogP contribution in [-0.2, 0) is 24.1 Å². The van der Waals surface area contributed by atoms with E-state index < -0.39 is 5.91 Å². The van der Waals surface area contributed by atoms with E-state index >= 15 is 0 Å². The minimum absolute atomic E-state index is 0.156. The third kappa shape index (κ3) is 4.86. The molecule has 0 spiro atoms. The van der Waals surface area contributed by atoms with E-state index in [4.69, 9.17) is 29.6 Å². The number of rotatable bonds is 4. The molecule has 0 radical (unpaired) electrons. The number of carbonyl (C=O) groups is 2. The lowest BCUT2D eigenvalue weighted by Gasteiger charge is -2.18. The maximum atomic E-state index is 12.2. The molecule has 1 unspecified atom stereocenters. The van der Waals surface area contributed by atoms with Gasteiger partial charge in [0, 0.05) is 9.90 Å². The first-order valence-electron chi connectivity index (χ1n) is 8.63. The number of primary amides is 1. The van der Waals surface area contributed by atoms with Gasteiger partial charge in [0.15, 0.2) is 5.11 Å². The van der Waals surface area contributed by atoms with E-state index in [1.165, 1.54) is 16.2 Å². The highest BCUT2D eigenvalue weighted by Gasteiger charge is 2.26. The summed E-state index contributed by atoms with van der Waals surface area (Å²) in [5.41, 5.74) is 7.94. The second-order valence-electron chi connectivity index (χ2n) is 6.73. The first-order chi connectivity index (χ1) is 12.8. The monoisotopic (exact) mass is 421 g/mol. The third-order valence-corrected chi connectivity index (χ3v) is 6.14. The van der Waals surface area contributed by atoms with Crippen molar-refractivity contribution in [2.24, 2.45) is 11.7 Å². The number of carbonyl (C=O) groups excluding carboxylic acids is 2. The Morgan fingerprint density at radius 1 is 1.33 bits per heavy atom. The van der Waals surface area contributed by atoms with Gasteiger partial charge in [0.1, 0.15) is 5.00 Å². The maximum absolute atomic E-state index is 12.2. The van der Waals surface area contributed by atoms with Crippen LogP contribution in [0.3, 0.4) is 0 Å². The van der Waals surface area contributed by atoms with E-state index in [9.17, 15) is 9.59 Å². The fourth-order valence-corrected chi connectivity index (χ4v) is 5.02. The van der Waals surface area contributed by atoms with Gasteiger partial charge < -0.3 is 16.4 Å². The summed E-state index contributed by atoms with van der Waals surface area (Å²) in [6.45, 7) is 2.20. The smallest absolute Gasteiger partial charge is 0.251 e. The highest BCUT2D eigenvalue weighted by atomic mass is 35.5. The van der Waals surface area contributed by atoms with Gasteiger partial charge in [-0.1, -0.05) is 30.7 Å². The molecule has 1 aromatic carbocycles. The lowest BCUT2D eigenvalue weighted by Crippen LogP contribution is -2.35. The Morgan fingerprint density at radius 3 is 2.70 bits per heavy atom. The number of anilines is 1. The fraction of sp³-hybridized carbons (Fsp3) is 0.316. The number of thiocarbonyl (C=S) groups is 1. The second kappa shape index (κ2) is 8.37. The molecule has 0 saturated heterocycles. The van der Waals surface area contributed by atoms with Crippen LogP contribution in [-0.4, -0.2) is 16.9 Å². The molecular formula is C19H20ClN3O2S2. The molecule has 1 aliphatic carbocycles. The number of thiophene rings is 1. The molecule has 0 aliphatic heterocycles. The van der Waals surface area contributed by atoms with Crippen molar-refractivity contribution in [1.82, 2.24) is 5.32 Å². The zero-order chi connectivity index (χ0) is 19.6. The topological polar surface area (TPSA) is 84.2 Å². The Morgan fingerprint density at radius 2 is 2.04 bits per heavy atom. The molecule has 3 rings (SSSR count). The van der Waals surface area contributed by atoms with Gasteiger partial charge in [0.25, 0.3) is 5.91 Å². The van der Waals surface area contributed by atoms with Crippen molar-refractivity contribution in [2.45, 2.75) is 32.6 Å². The summed E-state index contributed by atoms with van der Waals surface area (Å²) >= 11 is 12.6. The predicted octanol–water partition coefficient (Wildman–Crippen LogP) is 3.68. The summed E-state index contributed by atoms with van der Waals surface area (Å²) in [6.07, 6.45) is 2.98. The minimum atomic E-state index is -0.472. The van der Waals surface area contributed by atoms with Crippen LogP contribution >= 0.6 is 35.2 Å². The van der Waals surface area contributed by atoms with Crippen molar-refractivity contribution in [3.8, 4) is 0 Å². The summed E-state index contributed by atoms with van der Waals surface area (Å²) < 4.78 is 0. The van der Waals surface area contributed by atoms with E-state index in [1.807, 2.05) is 0 Å². The molecule has 1 heterocycles. The molecule has 0 saturated carbocycles. The molecule has 142 valence electrons. The van der Waals surface area contributed by atoms with E-state index in [0.717, 1.165) is 30.4 Å². The second-order valence-corrected chi connectivity index (χ2v) is 8.68. The molecule has 0 bridgehead atoms. The Kier molecular flexibility index (Phi) is 6.14. The molecule has 4 N–H and O–H groups in total. The number of halogens is 1. The van der Waals surface area contributed by atoms with Crippen LogP contribution in [0.15, 0.2) is 24.3 Å². The Hall–Kier alpha value is -1.96. The van der Waals surface area contributed by atoms with E-state index in [1.54, 1.807) is 24.3 Å². The molecule has 2 aromatic rings. The summed E-state index contributed by atoms with van der Waals surface area (Å²) in [5, 5.41) is 7.02. The van der Waals surface area contributed by atoms with Gasteiger partial charge in [-0.3, -0.25) is 9.59 Å². The predicted molar refractivity (Wildman–Crippen MR) is 114 cm³/mol. The highest BCUT2D eigenvalue weighted by molar-refractivity contribution is 7.80. The standard InChI is InChI=1S/C19H20ClN3O2S2/c1-10-2-7-13-14(8-10)27-18(16(13)17(21)25)23-19(26)22-15(24)9-11-3-5-12(20)6-4-11/h3-6,10H,2,7-9H2,1H3,(H2,21,25)(H2,22,23,24,26). The van der Waals surface area contributed by atoms with E-state index in [0.29, 0.717) is 21.5 Å². The van der Waals surface area contributed by atoms with Crippen molar-refractivity contribution in [1.29, 1.82) is 0 Å². The molecule has 8 heteroatoms. The molecule has 1 aromatic heterocycles. The zero-order valence-corrected chi connectivity index (χ0v) is 17.2. The highest BCUT2D eigenvalue weighted by Crippen LogP contribution is 2.39. The fourth-order valence-electron chi connectivity index (χ4n) is 3.19. The molecule has 1 aliphatic rings. The first kappa shape index (κ1) is 19.8. The van der Waals surface area contributed by atoms with Crippen LogP contribution < -0.4 is 16.4 Å². The largest absolute Gasteiger partial charge is 0.365 e. The van der Waals surface area contributed by atoms with Crippen molar-refractivity contribution in [3.63, 3.8) is 0 Å². The van der Waals surface area contributed by atoms with Crippen molar-refractivity contribution in [3.05, 3.63) is 50.9 Å². The molecule has 0 fully saturated rings. The number of hydrogen-bond acceptors (Lipinski definition) is 4. The lowest BCUT2D eigenvalue weighted by molar-refractivity contribution is -0.119. The van der Waals surface area contributed by atoms with Gasteiger partial charge in [-0.15, -0.1) is 11.3 Å².